The lowest BCUT2D eigenvalue weighted by atomic mass is 9.97. The lowest BCUT2D eigenvalue weighted by molar-refractivity contribution is 0.463. The van der Waals surface area contributed by atoms with E-state index in [0.29, 0.717) is 5.92 Å². The maximum absolute atomic E-state index is 4.00. The van der Waals surface area contributed by atoms with Crippen LogP contribution in [0.15, 0.2) is 0 Å². The fourth-order valence-corrected chi connectivity index (χ4v) is 0.833. The molecule has 0 aromatic heterocycles. The predicted octanol–water partition coefficient (Wildman–Crippen LogP) is 2.89. The summed E-state index contributed by atoms with van der Waals surface area (Å²) in [6, 6.07) is 0. The molecule has 1 radical (unpaired) electrons. The Kier molecular flexibility index (Phi) is 3.94. The van der Waals surface area contributed by atoms with Crippen molar-refractivity contribution in [3.05, 3.63) is 6.92 Å². The molecular weight excluding hydrogens is 96.1 g/mol. The molecule has 0 amide bonds. The summed E-state index contributed by atoms with van der Waals surface area (Å²) in [5.41, 5.74) is 0. The van der Waals surface area contributed by atoms with E-state index in [1.165, 1.54) is 12.8 Å². The molecule has 0 N–H and O–H groups in total. The van der Waals surface area contributed by atoms with Crippen molar-refractivity contribution in [2.75, 3.05) is 0 Å². The highest BCUT2D eigenvalue weighted by molar-refractivity contribution is 4.60. The molecule has 0 fully saturated rings. The summed E-state index contributed by atoms with van der Waals surface area (Å²) in [7, 11) is 0. The van der Waals surface area contributed by atoms with Gasteiger partial charge in [-0.1, -0.05) is 34.1 Å². The van der Waals surface area contributed by atoms with Crippen LogP contribution in [0.2, 0.25) is 0 Å². The summed E-state index contributed by atoms with van der Waals surface area (Å²) in [6.07, 6.45) is 2.49. The van der Waals surface area contributed by atoms with Gasteiger partial charge in [0.1, 0.15) is 0 Å². The van der Waals surface area contributed by atoms with Crippen LogP contribution in [-0.4, -0.2) is 0 Å². The normalized spacial score (nSPS) is 14.6. The zero-order chi connectivity index (χ0) is 6.57. The van der Waals surface area contributed by atoms with Crippen molar-refractivity contribution in [3.63, 3.8) is 0 Å². The third-order valence-electron chi connectivity index (χ3n) is 1.38. The van der Waals surface area contributed by atoms with Gasteiger partial charge in [-0.05, 0) is 18.3 Å². The summed E-state index contributed by atoms with van der Waals surface area (Å²) in [5.74, 6) is 1.49. The minimum absolute atomic E-state index is 0.676. The molecular formula is C8H17. The van der Waals surface area contributed by atoms with Gasteiger partial charge in [-0.2, -0.15) is 0 Å². The average Bonchev–Trinajstić information content (AvgIpc) is 1.65. The summed E-state index contributed by atoms with van der Waals surface area (Å²) >= 11 is 0. The molecule has 0 spiro atoms. The molecule has 0 aliphatic carbocycles. The van der Waals surface area contributed by atoms with Crippen LogP contribution < -0.4 is 0 Å². The van der Waals surface area contributed by atoms with Crippen LogP contribution in [0.5, 0.6) is 0 Å². The van der Waals surface area contributed by atoms with E-state index in [4.69, 9.17) is 0 Å². The highest BCUT2D eigenvalue weighted by atomic mass is 14.1. The molecule has 49 valence electrons. The third kappa shape index (κ3) is 4.17. The first-order valence-electron chi connectivity index (χ1n) is 3.49. The Morgan fingerprint density at radius 1 is 1.38 bits per heavy atom. The first-order valence-corrected chi connectivity index (χ1v) is 3.49. The number of hydrogen-bond donors (Lipinski definition) is 0. The highest BCUT2D eigenvalue weighted by Gasteiger charge is 2.00. The van der Waals surface area contributed by atoms with Crippen LogP contribution in [0.25, 0.3) is 0 Å². The van der Waals surface area contributed by atoms with Crippen LogP contribution in [-0.2, 0) is 0 Å². The zero-order valence-electron chi connectivity index (χ0n) is 6.28. The van der Waals surface area contributed by atoms with E-state index >= 15 is 0 Å². The molecule has 0 saturated carbocycles. The molecule has 0 nitrogen and oxygen atoms in total. The van der Waals surface area contributed by atoms with Crippen molar-refractivity contribution in [3.8, 4) is 0 Å². The van der Waals surface area contributed by atoms with E-state index in [-0.39, 0.29) is 0 Å². The molecule has 0 aromatic rings. The van der Waals surface area contributed by atoms with Gasteiger partial charge in [-0.15, -0.1) is 0 Å². The van der Waals surface area contributed by atoms with Crippen molar-refractivity contribution in [2.24, 2.45) is 11.8 Å². The van der Waals surface area contributed by atoms with Gasteiger partial charge in [0, 0.05) is 0 Å². The molecule has 0 aromatic carbocycles. The van der Waals surface area contributed by atoms with E-state index in [0.717, 1.165) is 5.92 Å². The Hall–Kier alpha value is 0. The van der Waals surface area contributed by atoms with Gasteiger partial charge in [0.25, 0.3) is 0 Å². The van der Waals surface area contributed by atoms with E-state index in [2.05, 4.69) is 27.7 Å². The highest BCUT2D eigenvalue weighted by Crippen LogP contribution is 2.12. The van der Waals surface area contributed by atoms with Crippen LogP contribution in [0, 0.1) is 18.8 Å². The van der Waals surface area contributed by atoms with Crippen LogP contribution in [0.1, 0.15) is 33.6 Å². The number of rotatable bonds is 3. The topological polar surface area (TPSA) is 0 Å². The lowest BCUT2D eigenvalue weighted by Crippen LogP contribution is -1.97. The largest absolute Gasteiger partial charge is 0.0651 e. The first-order chi connectivity index (χ1) is 3.66. The second-order valence-corrected chi connectivity index (χ2v) is 2.90. The summed E-state index contributed by atoms with van der Waals surface area (Å²) in [6.45, 7) is 10.7. The van der Waals surface area contributed by atoms with Crippen molar-refractivity contribution in [1.82, 2.24) is 0 Å². The molecule has 0 bridgehead atoms. The predicted molar refractivity (Wildman–Crippen MR) is 38.6 cm³/mol. The molecule has 0 heterocycles. The Labute approximate surface area is 53.3 Å². The first kappa shape index (κ1) is 8.00. The van der Waals surface area contributed by atoms with Gasteiger partial charge >= 0.3 is 0 Å². The monoisotopic (exact) mass is 113 g/mol. The van der Waals surface area contributed by atoms with Gasteiger partial charge in [-0.3, -0.25) is 0 Å². The Bertz CT molecular complexity index is 46.0. The summed E-state index contributed by atoms with van der Waals surface area (Å²) in [4.78, 5) is 0. The fraction of sp³-hybridized carbons (Fsp3) is 0.875. The van der Waals surface area contributed by atoms with E-state index < -0.39 is 0 Å². The molecule has 0 aliphatic rings. The van der Waals surface area contributed by atoms with E-state index in [1.54, 1.807) is 0 Å². The zero-order valence-corrected chi connectivity index (χ0v) is 6.28. The van der Waals surface area contributed by atoms with Crippen LogP contribution in [0.3, 0.4) is 0 Å². The van der Waals surface area contributed by atoms with Gasteiger partial charge in [-0.25, -0.2) is 0 Å². The maximum atomic E-state index is 4.00. The molecule has 0 saturated heterocycles. The van der Waals surface area contributed by atoms with Gasteiger partial charge in [0.2, 0.25) is 0 Å². The van der Waals surface area contributed by atoms with Gasteiger partial charge in [0.15, 0.2) is 0 Å². The molecule has 8 heavy (non-hydrogen) atoms. The van der Waals surface area contributed by atoms with E-state index in [1.807, 2.05) is 0 Å². The van der Waals surface area contributed by atoms with Gasteiger partial charge < -0.3 is 0 Å². The van der Waals surface area contributed by atoms with Gasteiger partial charge in [0.05, 0.1) is 0 Å². The molecule has 0 rings (SSSR count). The second-order valence-electron chi connectivity index (χ2n) is 2.90. The fourth-order valence-electron chi connectivity index (χ4n) is 0.833. The standard InChI is InChI=1S/C8H17/c1-5-8(4)6-7(2)3/h7-8H,4-6H2,1-3H3. The number of hydrogen-bond acceptors (Lipinski definition) is 0. The minimum atomic E-state index is 0.676. The smallest absolute Gasteiger partial charge is 0.0414 e. The third-order valence-corrected chi connectivity index (χ3v) is 1.38. The Balaban J connectivity index is 3.10. The Morgan fingerprint density at radius 2 is 1.88 bits per heavy atom. The van der Waals surface area contributed by atoms with Crippen molar-refractivity contribution < 1.29 is 0 Å². The van der Waals surface area contributed by atoms with Crippen molar-refractivity contribution in [1.29, 1.82) is 0 Å². The Morgan fingerprint density at radius 3 is 2.00 bits per heavy atom. The molecule has 1 atom stereocenters. The lowest BCUT2D eigenvalue weighted by Gasteiger charge is -2.09. The summed E-state index contributed by atoms with van der Waals surface area (Å²) < 4.78 is 0. The van der Waals surface area contributed by atoms with Crippen molar-refractivity contribution >= 4 is 0 Å². The maximum Gasteiger partial charge on any atom is -0.0414 e. The quantitative estimate of drug-likeness (QED) is 0.528. The molecule has 0 heteroatoms. The van der Waals surface area contributed by atoms with Crippen molar-refractivity contribution in [2.45, 2.75) is 33.6 Å². The summed E-state index contributed by atoms with van der Waals surface area (Å²) in [5, 5.41) is 0. The van der Waals surface area contributed by atoms with Crippen LogP contribution >= 0.6 is 0 Å². The molecule has 1 unspecified atom stereocenters. The average molecular weight is 113 g/mol. The molecule has 0 aliphatic heterocycles. The van der Waals surface area contributed by atoms with E-state index in [9.17, 15) is 0 Å². The minimum Gasteiger partial charge on any atom is -0.0651 e. The SMILES string of the molecule is [CH2]C(CC)CC(C)C. The van der Waals surface area contributed by atoms with Crippen LogP contribution in [0.4, 0.5) is 0 Å². The second kappa shape index (κ2) is 3.94.